The van der Waals surface area contributed by atoms with Crippen molar-refractivity contribution in [2.75, 3.05) is 13.2 Å². The predicted octanol–water partition coefficient (Wildman–Crippen LogP) is 5.10. The van der Waals surface area contributed by atoms with E-state index >= 15 is 0 Å². The molecule has 1 fully saturated rings. The van der Waals surface area contributed by atoms with E-state index in [1.807, 2.05) is 40.7 Å². The highest BCUT2D eigenvalue weighted by Gasteiger charge is 2.39. The Hall–Kier alpha value is -1.95. The average Bonchev–Trinajstić information content (AvgIpc) is 2.81. The summed E-state index contributed by atoms with van der Waals surface area (Å²) in [6.45, 7) is 13.4. The van der Waals surface area contributed by atoms with Crippen LogP contribution in [0, 0.1) is 5.92 Å². The fourth-order valence-electron chi connectivity index (χ4n) is 3.63. The molecule has 0 N–H and O–H groups in total. The highest BCUT2D eigenvalue weighted by Crippen LogP contribution is 2.34. The summed E-state index contributed by atoms with van der Waals surface area (Å²) in [6.07, 6.45) is 5.65. The molecule has 31 heavy (non-hydrogen) atoms. The summed E-state index contributed by atoms with van der Waals surface area (Å²) < 4.78 is 16.8. The third-order valence-electron chi connectivity index (χ3n) is 6.12. The molecular weight excluding hydrogens is 396 g/mol. The standard InChI is InChI=1S/C25H40O6/c1-17(2)19(4)15-23(28)18(3)9-8-13-25(7)24(31-21(6)27)11-10-22(16-30-25)12-14-29-20(5)26/h12,18,24H,8-11,13-16H2,1-7H3/b22-12+/t18?,24-,25+/m1/s1. The molecule has 1 unspecified atom stereocenters. The Morgan fingerprint density at radius 1 is 1.16 bits per heavy atom. The second-order valence-electron chi connectivity index (χ2n) is 9.12. The molecule has 0 aromatic heterocycles. The predicted molar refractivity (Wildman–Crippen MR) is 121 cm³/mol. The van der Waals surface area contributed by atoms with Crippen LogP contribution in [0.5, 0.6) is 0 Å². The van der Waals surface area contributed by atoms with Gasteiger partial charge in [-0.05, 0) is 71.4 Å². The van der Waals surface area contributed by atoms with E-state index in [4.69, 9.17) is 14.2 Å². The van der Waals surface area contributed by atoms with Gasteiger partial charge in [0.15, 0.2) is 0 Å². The normalized spacial score (nSPS) is 23.6. The van der Waals surface area contributed by atoms with Gasteiger partial charge in [0.05, 0.1) is 6.61 Å². The van der Waals surface area contributed by atoms with Gasteiger partial charge in [0.2, 0.25) is 0 Å². The molecule has 0 bridgehead atoms. The smallest absolute Gasteiger partial charge is 0.303 e. The Kier molecular flexibility index (Phi) is 11.2. The van der Waals surface area contributed by atoms with E-state index in [2.05, 4.69) is 0 Å². The highest BCUT2D eigenvalue weighted by atomic mass is 16.6. The van der Waals surface area contributed by atoms with Crippen molar-refractivity contribution in [3.63, 3.8) is 0 Å². The van der Waals surface area contributed by atoms with Crippen LogP contribution in [0.25, 0.3) is 0 Å². The first kappa shape index (κ1) is 27.1. The molecule has 6 heteroatoms. The molecule has 1 aliphatic rings. The van der Waals surface area contributed by atoms with Gasteiger partial charge in [0, 0.05) is 26.2 Å². The van der Waals surface area contributed by atoms with Gasteiger partial charge in [-0.25, -0.2) is 0 Å². The summed E-state index contributed by atoms with van der Waals surface area (Å²) >= 11 is 0. The molecule has 0 aromatic rings. The number of hydrogen-bond donors (Lipinski definition) is 0. The van der Waals surface area contributed by atoms with Gasteiger partial charge < -0.3 is 14.2 Å². The van der Waals surface area contributed by atoms with Crippen LogP contribution in [0.4, 0.5) is 0 Å². The first-order chi connectivity index (χ1) is 14.4. The van der Waals surface area contributed by atoms with Crippen LogP contribution in [-0.2, 0) is 28.6 Å². The van der Waals surface area contributed by atoms with Crippen molar-refractivity contribution in [3.8, 4) is 0 Å². The topological polar surface area (TPSA) is 78.9 Å². The minimum atomic E-state index is -0.624. The zero-order chi connectivity index (χ0) is 23.6. The van der Waals surface area contributed by atoms with E-state index < -0.39 is 5.60 Å². The Labute approximate surface area is 187 Å². The SMILES string of the molecule is CC(=O)OC/C=C1\CC[C@@H](OC(C)=O)[C@](C)(CCCC(C)C(=O)CC(C)=C(C)C)OC1. The fraction of sp³-hybridized carbons (Fsp3) is 0.720. The number of allylic oxidation sites excluding steroid dienone is 2. The van der Waals surface area contributed by atoms with E-state index in [0.717, 1.165) is 24.0 Å². The molecule has 1 saturated heterocycles. The number of esters is 2. The Balaban J connectivity index is 2.74. The molecule has 0 spiro atoms. The van der Waals surface area contributed by atoms with E-state index in [0.29, 0.717) is 32.3 Å². The fourth-order valence-corrected chi connectivity index (χ4v) is 3.63. The molecule has 1 rings (SSSR count). The van der Waals surface area contributed by atoms with Crippen molar-refractivity contribution in [1.29, 1.82) is 0 Å². The first-order valence-electron chi connectivity index (χ1n) is 11.2. The lowest BCUT2D eigenvalue weighted by molar-refractivity contribution is -0.167. The van der Waals surface area contributed by atoms with Crippen molar-refractivity contribution in [2.24, 2.45) is 5.92 Å². The lowest BCUT2D eigenvalue weighted by Crippen LogP contribution is -2.43. The number of ether oxygens (including phenoxy) is 3. The summed E-state index contributed by atoms with van der Waals surface area (Å²) in [5, 5.41) is 0. The summed E-state index contributed by atoms with van der Waals surface area (Å²) in [5.74, 6) is -0.404. The minimum absolute atomic E-state index is 0.0185. The van der Waals surface area contributed by atoms with Crippen LogP contribution >= 0.6 is 0 Å². The van der Waals surface area contributed by atoms with E-state index in [1.165, 1.54) is 19.4 Å². The molecule has 1 heterocycles. The van der Waals surface area contributed by atoms with Crippen molar-refractivity contribution >= 4 is 17.7 Å². The van der Waals surface area contributed by atoms with Gasteiger partial charge in [0.25, 0.3) is 0 Å². The van der Waals surface area contributed by atoms with Crippen LogP contribution in [0.15, 0.2) is 22.8 Å². The molecule has 0 aliphatic carbocycles. The van der Waals surface area contributed by atoms with Gasteiger partial charge in [-0.3, -0.25) is 14.4 Å². The van der Waals surface area contributed by atoms with Crippen LogP contribution in [0.1, 0.15) is 87.0 Å². The van der Waals surface area contributed by atoms with Crippen molar-refractivity contribution in [2.45, 2.75) is 98.7 Å². The van der Waals surface area contributed by atoms with Gasteiger partial charge in [-0.2, -0.15) is 0 Å². The maximum atomic E-state index is 12.5. The number of ketones is 1. The average molecular weight is 437 g/mol. The Bertz CT molecular complexity index is 701. The van der Waals surface area contributed by atoms with Crippen molar-refractivity contribution in [1.82, 2.24) is 0 Å². The lowest BCUT2D eigenvalue weighted by Gasteiger charge is -2.35. The summed E-state index contributed by atoms with van der Waals surface area (Å²) in [5.41, 5.74) is 2.74. The Morgan fingerprint density at radius 3 is 2.42 bits per heavy atom. The lowest BCUT2D eigenvalue weighted by atomic mass is 9.86. The maximum Gasteiger partial charge on any atom is 0.303 e. The molecule has 1 aliphatic heterocycles. The molecule has 0 aromatic carbocycles. The minimum Gasteiger partial charge on any atom is -0.462 e. The monoisotopic (exact) mass is 436 g/mol. The van der Waals surface area contributed by atoms with Crippen LogP contribution in [0.2, 0.25) is 0 Å². The van der Waals surface area contributed by atoms with Gasteiger partial charge in [-0.15, -0.1) is 0 Å². The molecular formula is C25H40O6. The zero-order valence-electron chi connectivity index (χ0n) is 20.3. The number of Topliss-reactive ketones (excluding diaryl/α,β-unsaturated/α-hetero) is 1. The van der Waals surface area contributed by atoms with Gasteiger partial charge >= 0.3 is 11.9 Å². The molecule has 3 atom stereocenters. The highest BCUT2D eigenvalue weighted by molar-refractivity contribution is 5.82. The van der Waals surface area contributed by atoms with Crippen molar-refractivity contribution in [3.05, 3.63) is 22.8 Å². The number of rotatable bonds is 10. The van der Waals surface area contributed by atoms with Crippen LogP contribution in [-0.4, -0.2) is 42.6 Å². The zero-order valence-corrected chi connectivity index (χ0v) is 20.3. The summed E-state index contributed by atoms with van der Waals surface area (Å²) in [4.78, 5) is 35.1. The first-order valence-corrected chi connectivity index (χ1v) is 11.2. The molecule has 0 amide bonds. The summed E-state index contributed by atoms with van der Waals surface area (Å²) in [6, 6.07) is 0. The van der Waals surface area contributed by atoms with E-state index in [9.17, 15) is 14.4 Å². The Morgan fingerprint density at radius 2 is 1.84 bits per heavy atom. The third-order valence-corrected chi connectivity index (χ3v) is 6.12. The quantitative estimate of drug-likeness (QED) is 0.350. The third kappa shape index (κ3) is 9.81. The largest absolute Gasteiger partial charge is 0.462 e. The molecule has 176 valence electrons. The molecule has 0 saturated carbocycles. The van der Waals surface area contributed by atoms with Crippen LogP contribution < -0.4 is 0 Å². The second-order valence-corrected chi connectivity index (χ2v) is 9.12. The van der Waals surface area contributed by atoms with Crippen LogP contribution in [0.3, 0.4) is 0 Å². The van der Waals surface area contributed by atoms with E-state index in [-0.39, 0.29) is 36.4 Å². The maximum absolute atomic E-state index is 12.5. The van der Waals surface area contributed by atoms with Crippen molar-refractivity contribution < 1.29 is 28.6 Å². The van der Waals surface area contributed by atoms with Gasteiger partial charge in [-0.1, -0.05) is 18.1 Å². The van der Waals surface area contributed by atoms with E-state index in [1.54, 1.807) is 0 Å². The second kappa shape index (κ2) is 12.8. The summed E-state index contributed by atoms with van der Waals surface area (Å²) in [7, 11) is 0. The van der Waals surface area contributed by atoms with Gasteiger partial charge in [0.1, 0.15) is 24.1 Å². The molecule has 0 radical (unpaired) electrons. The number of carbonyl (C=O) groups is 3. The molecule has 6 nitrogen and oxygen atoms in total. The number of carbonyl (C=O) groups excluding carboxylic acids is 3. The number of hydrogen-bond acceptors (Lipinski definition) is 6.